The summed E-state index contributed by atoms with van der Waals surface area (Å²) >= 11 is 0. The van der Waals surface area contributed by atoms with Gasteiger partial charge >= 0.3 is 11.9 Å². The van der Waals surface area contributed by atoms with Gasteiger partial charge in [0.1, 0.15) is 0 Å². The van der Waals surface area contributed by atoms with Gasteiger partial charge in [-0.05, 0) is 39.7 Å². The van der Waals surface area contributed by atoms with E-state index in [9.17, 15) is 19.8 Å². The topological polar surface area (TPSA) is 93.1 Å². The average molecular weight is 363 g/mol. The molecule has 0 aliphatic carbocycles. The molecule has 2 N–H and O–H groups in total. The molecule has 0 saturated heterocycles. The van der Waals surface area contributed by atoms with E-state index in [-0.39, 0.29) is 5.57 Å². The van der Waals surface area contributed by atoms with Crippen molar-refractivity contribution in [2.75, 3.05) is 6.61 Å². The molecule has 0 amide bonds. The Morgan fingerprint density at radius 3 is 2.00 bits per heavy atom. The first-order chi connectivity index (χ1) is 10.2. The standard InChI is InChI=1S/C15H30O6Si2/c1-9-12(23(7,8)21-22(4,5)6)15(19,10-16)14(18)20-13(17)11(2)3/h12,16,19H,2,9-10H2,1,3-8H3. The number of carbonyl (C=O) groups is 2. The first kappa shape index (κ1) is 22.2. The molecule has 134 valence electrons. The number of aliphatic hydroxyl groups is 2. The summed E-state index contributed by atoms with van der Waals surface area (Å²) in [6, 6.07) is 0. The van der Waals surface area contributed by atoms with Crippen LogP contribution >= 0.6 is 0 Å². The van der Waals surface area contributed by atoms with Crippen LogP contribution in [0.1, 0.15) is 20.3 Å². The number of ether oxygens (including phenoxy) is 1. The monoisotopic (exact) mass is 362 g/mol. The Bertz CT molecular complexity index is 469. The highest BCUT2D eigenvalue weighted by Crippen LogP contribution is 2.39. The third kappa shape index (κ3) is 5.96. The van der Waals surface area contributed by atoms with Crippen LogP contribution in [-0.4, -0.2) is 51.0 Å². The molecule has 0 aliphatic rings. The maximum Gasteiger partial charge on any atom is 0.348 e. The Morgan fingerprint density at radius 2 is 1.70 bits per heavy atom. The number of esters is 2. The van der Waals surface area contributed by atoms with Crippen molar-refractivity contribution in [1.29, 1.82) is 0 Å². The molecular formula is C15H30O6Si2. The van der Waals surface area contributed by atoms with Gasteiger partial charge in [0, 0.05) is 11.1 Å². The molecule has 0 fully saturated rings. The number of hydrogen-bond donors (Lipinski definition) is 2. The fraction of sp³-hybridized carbons (Fsp3) is 0.733. The van der Waals surface area contributed by atoms with Gasteiger partial charge < -0.3 is 19.1 Å². The van der Waals surface area contributed by atoms with Crippen LogP contribution in [0.2, 0.25) is 38.3 Å². The van der Waals surface area contributed by atoms with Crippen LogP contribution < -0.4 is 0 Å². The molecule has 0 aromatic heterocycles. The van der Waals surface area contributed by atoms with Crippen molar-refractivity contribution in [3.8, 4) is 0 Å². The van der Waals surface area contributed by atoms with E-state index in [0.29, 0.717) is 6.42 Å². The third-order valence-electron chi connectivity index (χ3n) is 3.52. The van der Waals surface area contributed by atoms with Crippen LogP contribution in [0, 0.1) is 0 Å². The van der Waals surface area contributed by atoms with Crippen LogP contribution in [0.5, 0.6) is 0 Å². The Hall–Kier alpha value is -0.806. The summed E-state index contributed by atoms with van der Waals surface area (Å²) in [6.07, 6.45) is 0.414. The number of aliphatic hydroxyl groups excluding tert-OH is 1. The van der Waals surface area contributed by atoms with Crippen LogP contribution in [-0.2, 0) is 18.4 Å². The van der Waals surface area contributed by atoms with Crippen molar-refractivity contribution < 1.29 is 28.7 Å². The Balaban J connectivity index is 5.61. The Kier molecular flexibility index (Phi) is 7.57. The van der Waals surface area contributed by atoms with Crippen molar-refractivity contribution in [2.24, 2.45) is 0 Å². The fourth-order valence-electron chi connectivity index (χ4n) is 2.84. The lowest BCUT2D eigenvalue weighted by Gasteiger charge is -2.43. The summed E-state index contributed by atoms with van der Waals surface area (Å²) in [5.74, 6) is -2.07. The quantitative estimate of drug-likeness (QED) is 0.298. The molecule has 0 heterocycles. The van der Waals surface area contributed by atoms with Crippen molar-refractivity contribution in [2.45, 2.75) is 64.1 Å². The zero-order chi connectivity index (χ0) is 18.6. The predicted molar refractivity (Wildman–Crippen MR) is 93.9 cm³/mol. The van der Waals surface area contributed by atoms with E-state index >= 15 is 0 Å². The lowest BCUT2D eigenvalue weighted by molar-refractivity contribution is -0.176. The first-order valence-corrected chi connectivity index (χ1v) is 14.1. The zero-order valence-corrected chi connectivity index (χ0v) is 17.2. The van der Waals surface area contributed by atoms with Gasteiger partial charge in [-0.2, -0.15) is 0 Å². The van der Waals surface area contributed by atoms with Gasteiger partial charge in [0.15, 0.2) is 22.2 Å². The molecule has 8 heteroatoms. The average Bonchev–Trinajstić information content (AvgIpc) is 2.35. The highest BCUT2D eigenvalue weighted by molar-refractivity contribution is 6.85. The second kappa shape index (κ2) is 7.84. The summed E-state index contributed by atoms with van der Waals surface area (Å²) in [4.78, 5) is 23.9. The second-order valence-corrected chi connectivity index (χ2v) is 16.3. The molecule has 23 heavy (non-hydrogen) atoms. The molecule has 2 unspecified atom stereocenters. The minimum Gasteiger partial charge on any atom is -0.455 e. The summed E-state index contributed by atoms with van der Waals surface area (Å²) < 4.78 is 10.9. The van der Waals surface area contributed by atoms with E-state index < -0.39 is 46.3 Å². The summed E-state index contributed by atoms with van der Waals surface area (Å²) in [5, 5.41) is 20.4. The van der Waals surface area contributed by atoms with E-state index in [1.54, 1.807) is 0 Å². The van der Waals surface area contributed by atoms with Crippen molar-refractivity contribution >= 4 is 28.6 Å². The molecule has 0 aliphatic heterocycles. The van der Waals surface area contributed by atoms with Crippen molar-refractivity contribution in [3.05, 3.63) is 12.2 Å². The predicted octanol–water partition coefficient (Wildman–Crippen LogP) is 2.19. The van der Waals surface area contributed by atoms with Crippen LogP contribution in [0.3, 0.4) is 0 Å². The smallest absolute Gasteiger partial charge is 0.348 e. The lowest BCUT2D eigenvalue weighted by Crippen LogP contribution is -2.59. The maximum absolute atomic E-state index is 12.3. The van der Waals surface area contributed by atoms with E-state index in [0.717, 1.165) is 0 Å². The van der Waals surface area contributed by atoms with Crippen LogP contribution in [0.25, 0.3) is 0 Å². The molecule has 6 nitrogen and oxygen atoms in total. The molecule has 0 rings (SSSR count). The van der Waals surface area contributed by atoms with Gasteiger partial charge in [-0.3, -0.25) is 0 Å². The van der Waals surface area contributed by atoms with Crippen molar-refractivity contribution in [1.82, 2.24) is 0 Å². The van der Waals surface area contributed by atoms with E-state index in [2.05, 4.69) is 11.3 Å². The summed E-state index contributed by atoms with van der Waals surface area (Å²) in [5.41, 5.74) is -2.74. The Morgan fingerprint density at radius 1 is 1.22 bits per heavy atom. The minimum atomic E-state index is -2.55. The maximum atomic E-state index is 12.3. The Labute approximate surface area is 140 Å². The largest absolute Gasteiger partial charge is 0.455 e. The molecule has 0 aromatic rings. The normalized spacial score (nSPS) is 16.4. The SMILES string of the molecule is C=C(C)C(=O)OC(=O)C(O)(CO)C(CC)[Si](C)(C)O[Si](C)(C)C. The molecule has 0 bridgehead atoms. The highest BCUT2D eigenvalue weighted by atomic mass is 28.4. The first-order valence-electron chi connectivity index (χ1n) is 7.66. The fourth-order valence-corrected chi connectivity index (χ4v) is 12.1. The van der Waals surface area contributed by atoms with E-state index in [1.807, 2.05) is 39.7 Å². The lowest BCUT2D eigenvalue weighted by atomic mass is 9.98. The van der Waals surface area contributed by atoms with Gasteiger partial charge in [0.25, 0.3) is 0 Å². The van der Waals surface area contributed by atoms with Gasteiger partial charge in [-0.15, -0.1) is 0 Å². The number of rotatable bonds is 8. The van der Waals surface area contributed by atoms with E-state index in [1.165, 1.54) is 6.92 Å². The van der Waals surface area contributed by atoms with Crippen LogP contribution in [0.15, 0.2) is 12.2 Å². The number of hydrogen-bond acceptors (Lipinski definition) is 6. The number of carbonyl (C=O) groups excluding carboxylic acids is 2. The molecular weight excluding hydrogens is 332 g/mol. The van der Waals surface area contributed by atoms with Crippen molar-refractivity contribution in [3.63, 3.8) is 0 Å². The summed E-state index contributed by atoms with van der Waals surface area (Å²) in [7, 11) is -4.46. The van der Waals surface area contributed by atoms with Gasteiger partial charge in [0.2, 0.25) is 0 Å². The molecule has 0 saturated carbocycles. The zero-order valence-electron chi connectivity index (χ0n) is 15.2. The third-order valence-corrected chi connectivity index (χ3v) is 10.6. The minimum absolute atomic E-state index is 0.0431. The van der Waals surface area contributed by atoms with Gasteiger partial charge in [-0.25, -0.2) is 9.59 Å². The second-order valence-electron chi connectivity index (χ2n) is 7.32. The van der Waals surface area contributed by atoms with Gasteiger partial charge in [-0.1, -0.05) is 19.9 Å². The van der Waals surface area contributed by atoms with Crippen LogP contribution in [0.4, 0.5) is 0 Å². The molecule has 2 atom stereocenters. The summed E-state index contributed by atoms with van der Waals surface area (Å²) in [6.45, 7) is 15.6. The molecule has 0 aromatic carbocycles. The molecule has 0 spiro atoms. The highest BCUT2D eigenvalue weighted by Gasteiger charge is 2.54. The van der Waals surface area contributed by atoms with Gasteiger partial charge in [0.05, 0.1) is 6.61 Å². The molecule has 0 radical (unpaired) electrons. The van der Waals surface area contributed by atoms with E-state index in [4.69, 9.17) is 4.12 Å².